The molecule has 5 rings (SSSR count). The van der Waals surface area contributed by atoms with Gasteiger partial charge in [-0.3, -0.25) is 9.89 Å². The van der Waals surface area contributed by atoms with Gasteiger partial charge in [0.2, 0.25) is 0 Å². The fourth-order valence-electron chi connectivity index (χ4n) is 3.55. The Morgan fingerprint density at radius 3 is 2.71 bits per heavy atom. The smallest absolute Gasteiger partial charge is 0.274 e. The molecule has 6 nitrogen and oxygen atoms in total. The van der Waals surface area contributed by atoms with Gasteiger partial charge in [0.15, 0.2) is 5.82 Å². The summed E-state index contributed by atoms with van der Waals surface area (Å²) in [6.07, 6.45) is 2.03. The second-order valence-electron chi connectivity index (χ2n) is 6.73. The minimum atomic E-state index is -0.194. The van der Waals surface area contributed by atoms with Gasteiger partial charge in [0.05, 0.1) is 22.8 Å². The van der Waals surface area contributed by atoms with Gasteiger partial charge in [0, 0.05) is 23.2 Å². The standard InChI is InChI=1S/C21H16ClN5O/c1-13-11-26(17-9-5-8-16(22)19(13)17)12-15-10-18(28)27-21(23-15)24-20(25-27)14-6-3-2-4-7-14/h2-11H,12H2,1H3,(H,23,24,25). The zero-order valence-corrected chi connectivity index (χ0v) is 15.8. The molecule has 0 aliphatic heterocycles. The van der Waals surface area contributed by atoms with Crippen molar-refractivity contribution in [2.45, 2.75) is 13.5 Å². The molecular formula is C21H16ClN5O. The highest BCUT2D eigenvalue weighted by Gasteiger charge is 2.12. The molecular weight excluding hydrogens is 374 g/mol. The number of aryl methyl sites for hydroxylation is 1. The van der Waals surface area contributed by atoms with Gasteiger partial charge < -0.3 is 4.57 Å². The molecule has 0 aliphatic carbocycles. The van der Waals surface area contributed by atoms with Crippen molar-refractivity contribution in [3.8, 4) is 11.4 Å². The van der Waals surface area contributed by atoms with Crippen molar-refractivity contribution in [2.75, 3.05) is 0 Å². The van der Waals surface area contributed by atoms with E-state index in [1.807, 2.05) is 61.7 Å². The number of nitrogens with one attached hydrogen (secondary N) is 1. The molecule has 1 N–H and O–H groups in total. The van der Waals surface area contributed by atoms with Gasteiger partial charge in [-0.1, -0.05) is 48.0 Å². The SMILES string of the molecule is Cc1cn(Cc2cc(=O)n3[nH]c(-c4ccccc4)nc3n2)c2cccc(Cl)c12. The van der Waals surface area contributed by atoms with E-state index in [1.165, 1.54) is 10.6 Å². The molecule has 0 spiro atoms. The average molecular weight is 390 g/mol. The minimum Gasteiger partial charge on any atom is -0.341 e. The Morgan fingerprint density at radius 1 is 1.07 bits per heavy atom. The Hall–Kier alpha value is -3.38. The van der Waals surface area contributed by atoms with E-state index in [2.05, 4.69) is 19.6 Å². The molecule has 0 bridgehead atoms. The Bertz CT molecular complexity index is 1380. The van der Waals surface area contributed by atoms with Crippen LogP contribution >= 0.6 is 11.6 Å². The van der Waals surface area contributed by atoms with Crippen LogP contribution in [0.15, 0.2) is 65.6 Å². The molecule has 3 heterocycles. The van der Waals surface area contributed by atoms with Crippen LogP contribution in [0, 0.1) is 6.92 Å². The van der Waals surface area contributed by atoms with Gasteiger partial charge in [-0.2, -0.15) is 9.50 Å². The van der Waals surface area contributed by atoms with Gasteiger partial charge in [-0.05, 0) is 24.6 Å². The topological polar surface area (TPSA) is 68.0 Å². The summed E-state index contributed by atoms with van der Waals surface area (Å²) in [5.41, 5.74) is 3.45. The van der Waals surface area contributed by atoms with Crippen LogP contribution in [-0.4, -0.2) is 24.1 Å². The van der Waals surface area contributed by atoms with E-state index in [9.17, 15) is 4.79 Å². The summed E-state index contributed by atoms with van der Waals surface area (Å²) in [4.78, 5) is 21.7. The molecule has 0 radical (unpaired) electrons. The normalized spacial score (nSPS) is 11.5. The first kappa shape index (κ1) is 16.8. The van der Waals surface area contributed by atoms with Crippen molar-refractivity contribution < 1.29 is 0 Å². The van der Waals surface area contributed by atoms with E-state index in [4.69, 9.17) is 11.6 Å². The second-order valence-corrected chi connectivity index (χ2v) is 7.14. The zero-order chi connectivity index (χ0) is 19.3. The molecule has 0 unspecified atom stereocenters. The molecule has 7 heteroatoms. The number of fused-ring (bicyclic) bond motifs is 2. The molecule has 0 atom stereocenters. The zero-order valence-electron chi connectivity index (χ0n) is 15.1. The Balaban J connectivity index is 1.59. The van der Waals surface area contributed by atoms with Crippen molar-refractivity contribution in [1.82, 2.24) is 24.1 Å². The summed E-state index contributed by atoms with van der Waals surface area (Å²) in [6.45, 7) is 2.49. The lowest BCUT2D eigenvalue weighted by Gasteiger charge is -2.05. The molecule has 2 aromatic carbocycles. The van der Waals surface area contributed by atoms with E-state index in [0.29, 0.717) is 23.8 Å². The lowest BCUT2D eigenvalue weighted by Crippen LogP contribution is -2.16. The van der Waals surface area contributed by atoms with Crippen LogP contribution in [0.25, 0.3) is 28.1 Å². The number of hydrogen-bond donors (Lipinski definition) is 1. The van der Waals surface area contributed by atoms with Crippen molar-refractivity contribution in [2.24, 2.45) is 0 Å². The van der Waals surface area contributed by atoms with Crippen LogP contribution in [0.3, 0.4) is 0 Å². The number of nitrogens with zero attached hydrogens (tertiary/aromatic N) is 4. The van der Waals surface area contributed by atoms with Crippen molar-refractivity contribution >= 4 is 28.3 Å². The van der Waals surface area contributed by atoms with E-state index in [-0.39, 0.29) is 5.56 Å². The fraction of sp³-hybridized carbons (Fsp3) is 0.0952. The van der Waals surface area contributed by atoms with Crippen molar-refractivity contribution in [3.05, 3.63) is 87.4 Å². The van der Waals surface area contributed by atoms with Gasteiger partial charge in [0.1, 0.15) is 0 Å². The summed E-state index contributed by atoms with van der Waals surface area (Å²) in [5, 5.41) is 4.76. The molecule has 0 saturated heterocycles. The number of hydrogen-bond acceptors (Lipinski definition) is 3. The summed E-state index contributed by atoms with van der Waals surface area (Å²) in [6, 6.07) is 17.0. The highest BCUT2D eigenvalue weighted by Crippen LogP contribution is 2.28. The van der Waals surface area contributed by atoms with Crippen LogP contribution in [0.2, 0.25) is 5.02 Å². The summed E-state index contributed by atoms with van der Waals surface area (Å²) in [7, 11) is 0. The maximum Gasteiger partial charge on any atom is 0.274 e. The van der Waals surface area contributed by atoms with Gasteiger partial charge >= 0.3 is 0 Å². The monoisotopic (exact) mass is 389 g/mol. The fourth-order valence-corrected chi connectivity index (χ4v) is 3.87. The molecule has 3 aromatic heterocycles. The first-order chi connectivity index (χ1) is 13.6. The average Bonchev–Trinajstić information content (AvgIpc) is 3.25. The lowest BCUT2D eigenvalue weighted by atomic mass is 10.2. The van der Waals surface area contributed by atoms with Gasteiger partial charge in [-0.25, -0.2) is 4.98 Å². The maximum absolute atomic E-state index is 12.6. The van der Waals surface area contributed by atoms with Crippen LogP contribution < -0.4 is 5.56 Å². The van der Waals surface area contributed by atoms with Gasteiger partial charge in [0.25, 0.3) is 11.3 Å². The molecule has 0 saturated carbocycles. The van der Waals surface area contributed by atoms with E-state index < -0.39 is 0 Å². The largest absolute Gasteiger partial charge is 0.341 e. The van der Waals surface area contributed by atoms with Crippen LogP contribution in [0.4, 0.5) is 0 Å². The molecule has 138 valence electrons. The predicted octanol–water partition coefficient (Wildman–Crippen LogP) is 4.05. The van der Waals surface area contributed by atoms with Crippen molar-refractivity contribution in [3.63, 3.8) is 0 Å². The Labute approximate surface area is 165 Å². The lowest BCUT2D eigenvalue weighted by molar-refractivity contribution is 0.787. The van der Waals surface area contributed by atoms with E-state index in [0.717, 1.165) is 27.1 Å². The molecule has 0 amide bonds. The first-order valence-electron chi connectivity index (χ1n) is 8.88. The highest BCUT2D eigenvalue weighted by atomic mass is 35.5. The quantitative estimate of drug-likeness (QED) is 0.506. The third-order valence-corrected chi connectivity index (χ3v) is 5.12. The molecule has 0 aliphatic rings. The van der Waals surface area contributed by atoms with E-state index in [1.54, 1.807) is 0 Å². The first-order valence-corrected chi connectivity index (χ1v) is 9.26. The van der Waals surface area contributed by atoms with Crippen LogP contribution in [-0.2, 0) is 6.54 Å². The number of rotatable bonds is 3. The number of aromatic nitrogens is 5. The summed E-state index contributed by atoms with van der Waals surface area (Å²) in [5.74, 6) is 0.962. The highest BCUT2D eigenvalue weighted by molar-refractivity contribution is 6.35. The Morgan fingerprint density at radius 2 is 1.89 bits per heavy atom. The number of H-pyrrole nitrogens is 1. The predicted molar refractivity (Wildman–Crippen MR) is 110 cm³/mol. The number of benzene rings is 2. The summed E-state index contributed by atoms with van der Waals surface area (Å²) < 4.78 is 3.42. The molecule has 0 fully saturated rings. The molecule has 28 heavy (non-hydrogen) atoms. The van der Waals surface area contributed by atoms with Crippen LogP contribution in [0.5, 0.6) is 0 Å². The van der Waals surface area contributed by atoms with Gasteiger partial charge in [-0.15, -0.1) is 0 Å². The molecule has 5 aromatic rings. The maximum atomic E-state index is 12.6. The van der Waals surface area contributed by atoms with Crippen molar-refractivity contribution in [1.29, 1.82) is 0 Å². The Kier molecular flexibility index (Phi) is 3.80. The minimum absolute atomic E-state index is 0.194. The summed E-state index contributed by atoms with van der Waals surface area (Å²) >= 11 is 6.35. The number of aromatic amines is 1. The van der Waals surface area contributed by atoms with Crippen LogP contribution in [0.1, 0.15) is 11.3 Å². The number of halogens is 1. The third-order valence-electron chi connectivity index (χ3n) is 4.81. The van der Waals surface area contributed by atoms with E-state index >= 15 is 0 Å². The third kappa shape index (κ3) is 2.70. The second kappa shape index (κ2) is 6.35.